The normalized spacial score (nSPS) is 19.5. The Balaban J connectivity index is 0.000000174. The van der Waals surface area contributed by atoms with Crippen molar-refractivity contribution in [2.24, 2.45) is 5.11 Å². The highest BCUT2D eigenvalue weighted by Gasteiger charge is 2.48. The van der Waals surface area contributed by atoms with Gasteiger partial charge in [0, 0.05) is 89.9 Å². The number of benzene rings is 4. The number of nitrogens with zero attached hydrogens (tertiary/aromatic N) is 10. The molecule has 0 radical (unpaired) electrons. The van der Waals surface area contributed by atoms with E-state index in [0.29, 0.717) is 58.6 Å². The van der Waals surface area contributed by atoms with Crippen LogP contribution in [0.2, 0.25) is 0 Å². The Morgan fingerprint density at radius 3 is 1.34 bits per heavy atom. The lowest BCUT2D eigenvalue weighted by Crippen LogP contribution is -2.54. The van der Waals surface area contributed by atoms with E-state index in [0.717, 1.165) is 9.80 Å². The SMILES string of the molecule is C#CCC(=O)Nc1cccc2c1CN(C1CCC(=O)NC1=O)C2=O.O=C1CCC(N2Cc3c(NC(=O)CCCc4cn(CC(=O)Nc5cccc6c5C(=O)N(C5CCC(=O)NC5=O)C6=O)nn4)cccc3C2=O)C(=O)N1.[N-]=[N+]=NCC(=O)Nc1cccc2c1C(=O)N(C1CCC(=O)NC1=O)C2=O. The Morgan fingerprint density at radius 2 is 0.912 bits per heavy atom. The molecule has 520 valence electrons. The molecule has 0 saturated carbocycles. The maximum absolute atomic E-state index is 13.3. The number of nitrogens with one attached hydrogen (secondary N) is 8. The summed E-state index contributed by atoms with van der Waals surface area (Å²) < 4.78 is 1.29. The summed E-state index contributed by atoms with van der Waals surface area (Å²) in [6.45, 7) is -0.425. The molecule has 0 bridgehead atoms. The van der Waals surface area contributed by atoms with Crippen molar-refractivity contribution in [2.45, 2.75) is 121 Å². The highest BCUT2D eigenvalue weighted by molar-refractivity contribution is 6.27. The van der Waals surface area contributed by atoms with Gasteiger partial charge in [-0.2, -0.15) is 0 Å². The first-order chi connectivity index (χ1) is 48.9. The second-order valence-corrected chi connectivity index (χ2v) is 24.0. The number of hydrogen-bond acceptors (Lipinski definition) is 21. The maximum Gasteiger partial charge on any atom is 0.264 e. The summed E-state index contributed by atoms with van der Waals surface area (Å²) in [5, 5.41) is 30.5. The van der Waals surface area contributed by atoms with Crippen molar-refractivity contribution in [2.75, 3.05) is 27.8 Å². The minimum Gasteiger partial charge on any atom is -0.326 e. The lowest BCUT2D eigenvalue weighted by molar-refractivity contribution is -0.138. The van der Waals surface area contributed by atoms with E-state index in [9.17, 15) is 86.3 Å². The summed E-state index contributed by atoms with van der Waals surface area (Å²) >= 11 is 0. The number of terminal acetylenes is 1. The van der Waals surface area contributed by atoms with E-state index in [1.54, 1.807) is 42.6 Å². The van der Waals surface area contributed by atoms with E-state index >= 15 is 0 Å². The Bertz CT molecular complexity index is 4660. The number of hydrogen-bond donors (Lipinski definition) is 8. The number of carbonyl (C=O) groups excluding carboxylic acids is 18. The minimum atomic E-state index is -1.14. The molecule has 8 aliphatic heterocycles. The molecule has 8 N–H and O–H groups in total. The molecule has 36 nitrogen and oxygen atoms in total. The van der Waals surface area contributed by atoms with E-state index in [4.69, 9.17) is 12.0 Å². The molecule has 4 fully saturated rings. The van der Waals surface area contributed by atoms with Crippen LogP contribution in [0.25, 0.3) is 10.4 Å². The summed E-state index contributed by atoms with van der Waals surface area (Å²) in [4.78, 5) is 228. The molecule has 8 aliphatic rings. The van der Waals surface area contributed by atoms with Gasteiger partial charge < -0.3 is 31.1 Å². The Morgan fingerprint density at radius 1 is 0.510 bits per heavy atom. The van der Waals surface area contributed by atoms with Crippen molar-refractivity contribution < 1.29 is 86.3 Å². The van der Waals surface area contributed by atoms with Crippen molar-refractivity contribution in [3.05, 3.63) is 140 Å². The number of anilines is 4. The van der Waals surface area contributed by atoms with E-state index < -0.39 is 102 Å². The van der Waals surface area contributed by atoms with Crippen LogP contribution in [-0.2, 0) is 83.6 Å². The van der Waals surface area contributed by atoms with Crippen LogP contribution in [0.5, 0.6) is 0 Å². The standard InChI is InChI=1S/C34H31N9O9.C17H15N3O4.C15H12N6O5/c44-25(35-21-7-2-5-18-20(21)15-42(32(18)50)23-10-12-26(45)37-30(23)48)9-1-4-17-14-41(40-39-17)16-28(47)36-22-8-3-6-19-29(22)34(52)43(33(19)51)24-11-13-27(46)38-31(24)49;1-2-4-14(21)18-12-6-3-5-10-11(12)9-20(17(10)24)13-7-8-15(22)19-16(13)23;16-20-17-6-11(23)18-8-3-1-2-7-12(8)15(26)21(14(7)25)9-4-5-10(22)19-13(9)24/h2-3,5-8,14,23-24H,1,4,9-13,15-16H2,(H,35,44)(H,36,47)(H,37,45,48)(H,38,46,49);1,3,5-6,13H,4,7-9H2,(H,18,21)(H,19,22,23);1-3,9H,4-6H2,(H,18,23)(H,19,22,24). The van der Waals surface area contributed by atoms with Gasteiger partial charge in [-0.15, -0.1) is 11.5 Å². The van der Waals surface area contributed by atoms with Gasteiger partial charge in [-0.05, 0) is 92.6 Å². The minimum absolute atomic E-state index is 0.00113. The van der Waals surface area contributed by atoms with Gasteiger partial charge in [-0.25, -0.2) is 4.68 Å². The number of aromatic nitrogens is 3. The van der Waals surface area contributed by atoms with E-state index in [1.165, 1.54) is 50.9 Å². The molecule has 4 unspecified atom stereocenters. The van der Waals surface area contributed by atoms with Gasteiger partial charge in [0.1, 0.15) is 37.3 Å². The third kappa shape index (κ3) is 14.6. The van der Waals surface area contributed by atoms with Crippen LogP contribution in [-0.4, -0.2) is 172 Å². The average molecular weight is 1390 g/mol. The smallest absolute Gasteiger partial charge is 0.264 e. The molecule has 4 saturated heterocycles. The molecule has 9 heterocycles. The first-order valence-electron chi connectivity index (χ1n) is 31.7. The average Bonchev–Trinajstić information content (AvgIpc) is 1.62. The van der Waals surface area contributed by atoms with Crippen LogP contribution >= 0.6 is 0 Å². The van der Waals surface area contributed by atoms with Crippen LogP contribution in [0, 0.1) is 12.3 Å². The number of rotatable bonds is 17. The number of carbonyl (C=O) groups is 18. The Labute approximate surface area is 574 Å². The van der Waals surface area contributed by atoms with Crippen LogP contribution in [0.15, 0.2) is 84.1 Å². The third-order valence-corrected chi connectivity index (χ3v) is 17.5. The van der Waals surface area contributed by atoms with Crippen LogP contribution < -0.4 is 42.5 Å². The van der Waals surface area contributed by atoms with Gasteiger partial charge in [-0.1, -0.05) is 40.5 Å². The first-order valence-corrected chi connectivity index (χ1v) is 31.7. The lowest BCUT2D eigenvalue weighted by Gasteiger charge is -2.29. The van der Waals surface area contributed by atoms with Gasteiger partial charge in [-0.3, -0.25) is 117 Å². The highest BCUT2D eigenvalue weighted by atomic mass is 16.2. The monoisotopic (exact) mass is 1390 g/mol. The summed E-state index contributed by atoms with van der Waals surface area (Å²) in [6.07, 6.45) is 8.36. The predicted octanol–water partition coefficient (Wildman–Crippen LogP) is 0.786. The number of piperidine rings is 4. The summed E-state index contributed by atoms with van der Waals surface area (Å²) in [5.74, 6) is -7.18. The van der Waals surface area contributed by atoms with E-state index in [-0.39, 0.29) is 146 Å². The fourth-order valence-corrected chi connectivity index (χ4v) is 12.7. The Hall–Kier alpha value is -13.5. The second kappa shape index (κ2) is 29.7. The van der Waals surface area contributed by atoms with Gasteiger partial charge >= 0.3 is 0 Å². The molecule has 36 heteroatoms. The summed E-state index contributed by atoms with van der Waals surface area (Å²) in [7, 11) is 0. The third-order valence-electron chi connectivity index (χ3n) is 17.5. The second-order valence-electron chi connectivity index (χ2n) is 24.0. The van der Waals surface area contributed by atoms with Crippen LogP contribution in [0.3, 0.4) is 0 Å². The van der Waals surface area contributed by atoms with Crippen molar-refractivity contribution in [3.63, 3.8) is 0 Å². The molecule has 13 rings (SSSR count). The van der Waals surface area contributed by atoms with Crippen LogP contribution in [0.4, 0.5) is 22.7 Å². The molecule has 4 aromatic carbocycles. The van der Waals surface area contributed by atoms with Crippen molar-refractivity contribution in [3.8, 4) is 12.3 Å². The van der Waals surface area contributed by atoms with Crippen molar-refractivity contribution in [1.82, 2.24) is 55.9 Å². The number of imide groups is 6. The molecule has 1 aromatic heterocycles. The van der Waals surface area contributed by atoms with Gasteiger partial charge in [0.15, 0.2) is 0 Å². The fraction of sp³-hybridized carbons (Fsp3) is 0.303. The van der Waals surface area contributed by atoms with Gasteiger partial charge in [0.05, 0.1) is 45.7 Å². The molecule has 18 amide bonds. The number of aryl methyl sites for hydroxylation is 1. The van der Waals surface area contributed by atoms with E-state index in [1.807, 2.05) is 0 Å². The zero-order valence-electron chi connectivity index (χ0n) is 53.5. The highest BCUT2D eigenvalue weighted by Crippen LogP contribution is 2.37. The molecular weight excluding hydrogens is 1330 g/mol. The first kappa shape index (κ1) is 69.9. The molecular formula is C66H58N18O18. The maximum atomic E-state index is 13.3. The summed E-state index contributed by atoms with van der Waals surface area (Å²) in [6, 6.07) is 15.0. The zero-order valence-corrected chi connectivity index (χ0v) is 53.5. The molecule has 0 aliphatic carbocycles. The fourth-order valence-electron chi connectivity index (χ4n) is 12.7. The molecule has 102 heavy (non-hydrogen) atoms. The van der Waals surface area contributed by atoms with Crippen molar-refractivity contribution in [1.29, 1.82) is 0 Å². The van der Waals surface area contributed by atoms with Crippen LogP contribution in [0.1, 0.15) is 150 Å². The molecule has 0 spiro atoms. The lowest BCUT2D eigenvalue weighted by atomic mass is 10.0. The predicted molar refractivity (Wildman–Crippen MR) is 346 cm³/mol. The van der Waals surface area contributed by atoms with E-state index in [2.05, 4.69) is 68.8 Å². The largest absolute Gasteiger partial charge is 0.326 e. The topological polar surface area (TPSA) is 496 Å². The number of fused-ring (bicyclic) bond motifs is 4. The molecule has 4 atom stereocenters. The molecule has 5 aromatic rings. The Kier molecular flexibility index (Phi) is 20.4. The van der Waals surface area contributed by atoms with Gasteiger partial charge in [0.25, 0.3) is 35.4 Å². The quantitative estimate of drug-likeness (QED) is 0.0210. The summed E-state index contributed by atoms with van der Waals surface area (Å²) in [5.41, 5.74) is 11.9. The van der Waals surface area contributed by atoms with Crippen molar-refractivity contribution >= 4 is 129 Å². The van der Waals surface area contributed by atoms with Gasteiger partial charge in [0.2, 0.25) is 70.9 Å². The number of amides is 18. The zero-order chi connectivity index (χ0) is 72.8. The number of azide groups is 1.